The van der Waals surface area contributed by atoms with Crippen molar-refractivity contribution in [2.24, 2.45) is 5.92 Å². The first kappa shape index (κ1) is 23.0. The molecule has 4 rings (SSSR count). The minimum absolute atomic E-state index is 0.118. The molecule has 2 aromatic rings. The molecule has 1 aliphatic heterocycles. The number of thiophene rings is 1. The molecule has 0 bridgehead atoms. The van der Waals surface area contributed by atoms with Crippen LogP contribution in [0, 0.1) is 5.92 Å². The molecule has 2 heterocycles. The van der Waals surface area contributed by atoms with Gasteiger partial charge in [-0.15, -0.1) is 11.3 Å². The molecule has 7 nitrogen and oxygen atoms in total. The van der Waals surface area contributed by atoms with Crippen molar-refractivity contribution in [2.75, 3.05) is 50.6 Å². The zero-order chi connectivity index (χ0) is 22.7. The highest BCUT2D eigenvalue weighted by Crippen LogP contribution is 2.40. The molecule has 0 unspecified atom stereocenters. The van der Waals surface area contributed by atoms with Gasteiger partial charge in [0.15, 0.2) is 0 Å². The van der Waals surface area contributed by atoms with Gasteiger partial charge in [-0.3, -0.25) is 14.5 Å². The van der Waals surface area contributed by atoms with E-state index in [4.69, 9.17) is 21.1 Å². The molecule has 2 N–H and O–H groups in total. The Morgan fingerprint density at radius 2 is 2.06 bits per heavy atom. The highest BCUT2D eigenvalue weighted by atomic mass is 35.5. The van der Waals surface area contributed by atoms with Gasteiger partial charge in [0.25, 0.3) is 5.91 Å². The van der Waals surface area contributed by atoms with Gasteiger partial charge in [-0.05, 0) is 48.9 Å². The van der Waals surface area contributed by atoms with Crippen molar-refractivity contribution in [3.63, 3.8) is 0 Å². The number of nitrogens with zero attached hydrogens (tertiary/aromatic N) is 1. The van der Waals surface area contributed by atoms with Crippen LogP contribution in [0.3, 0.4) is 0 Å². The predicted octanol–water partition coefficient (Wildman–Crippen LogP) is 4.06. The summed E-state index contributed by atoms with van der Waals surface area (Å²) in [5.74, 6) is 0.701. The van der Waals surface area contributed by atoms with Crippen molar-refractivity contribution in [1.29, 1.82) is 0 Å². The van der Waals surface area contributed by atoms with Crippen LogP contribution in [0.15, 0.2) is 18.2 Å². The van der Waals surface area contributed by atoms with Gasteiger partial charge in [0, 0.05) is 23.0 Å². The number of amides is 2. The number of morpholine rings is 1. The molecule has 172 valence electrons. The minimum atomic E-state index is -0.265. The van der Waals surface area contributed by atoms with Crippen molar-refractivity contribution >= 4 is 45.4 Å². The molecule has 1 aromatic carbocycles. The molecule has 2 aliphatic rings. The number of halogens is 1. The van der Waals surface area contributed by atoms with Crippen LogP contribution in [0.5, 0.6) is 5.75 Å². The number of fused-ring (bicyclic) bond motifs is 1. The fourth-order valence-electron chi connectivity index (χ4n) is 4.17. The summed E-state index contributed by atoms with van der Waals surface area (Å²) in [6, 6.07) is 5.09. The summed E-state index contributed by atoms with van der Waals surface area (Å²) in [6.45, 7) is 5.23. The molecule has 32 heavy (non-hydrogen) atoms. The summed E-state index contributed by atoms with van der Waals surface area (Å²) in [6.07, 6.45) is 2.76. The largest absolute Gasteiger partial charge is 0.495 e. The third-order valence-electron chi connectivity index (χ3n) is 5.87. The maximum Gasteiger partial charge on any atom is 0.259 e. The molecular weight excluding hydrogens is 450 g/mol. The van der Waals surface area contributed by atoms with Crippen LogP contribution < -0.4 is 15.4 Å². The summed E-state index contributed by atoms with van der Waals surface area (Å²) in [7, 11) is 1.55. The number of methoxy groups -OCH3 is 1. The first-order valence-electron chi connectivity index (χ1n) is 10.8. The van der Waals surface area contributed by atoms with E-state index in [0.717, 1.165) is 37.9 Å². The van der Waals surface area contributed by atoms with Gasteiger partial charge < -0.3 is 20.1 Å². The SMILES string of the molecule is COc1ccc(Cl)cc1NC(=O)c1c(NC(=O)CN2CCOCC2)sc2c1CC[C@@H](C)C2. The zero-order valence-electron chi connectivity index (χ0n) is 18.3. The Balaban J connectivity index is 1.59. The number of carbonyl (C=O) groups excluding carboxylic acids is 2. The fourth-order valence-corrected chi connectivity index (χ4v) is 5.77. The molecule has 1 aliphatic carbocycles. The van der Waals surface area contributed by atoms with E-state index in [-0.39, 0.29) is 18.4 Å². The maximum atomic E-state index is 13.4. The van der Waals surface area contributed by atoms with E-state index < -0.39 is 0 Å². The van der Waals surface area contributed by atoms with Crippen LogP contribution in [0.4, 0.5) is 10.7 Å². The second-order valence-corrected chi connectivity index (χ2v) is 9.83. The van der Waals surface area contributed by atoms with E-state index in [1.807, 2.05) is 0 Å². The molecule has 1 atom stereocenters. The molecule has 2 amide bonds. The van der Waals surface area contributed by atoms with E-state index in [1.165, 1.54) is 16.2 Å². The Bertz CT molecular complexity index is 1000. The number of rotatable bonds is 6. The highest BCUT2D eigenvalue weighted by Gasteiger charge is 2.29. The quantitative estimate of drug-likeness (QED) is 0.656. The maximum absolute atomic E-state index is 13.4. The summed E-state index contributed by atoms with van der Waals surface area (Å²) in [5, 5.41) is 7.07. The Morgan fingerprint density at radius 3 is 2.81 bits per heavy atom. The monoisotopic (exact) mass is 477 g/mol. The summed E-state index contributed by atoms with van der Waals surface area (Å²) in [4.78, 5) is 29.4. The number of carbonyl (C=O) groups is 2. The van der Waals surface area contributed by atoms with Crippen molar-refractivity contribution in [3.8, 4) is 5.75 Å². The van der Waals surface area contributed by atoms with Crippen LogP contribution in [0.25, 0.3) is 0 Å². The van der Waals surface area contributed by atoms with Gasteiger partial charge in [0.2, 0.25) is 5.91 Å². The Kier molecular flexibility index (Phi) is 7.35. The van der Waals surface area contributed by atoms with Crippen LogP contribution in [0.2, 0.25) is 5.02 Å². The van der Waals surface area contributed by atoms with Gasteiger partial charge in [-0.2, -0.15) is 0 Å². The van der Waals surface area contributed by atoms with Gasteiger partial charge in [0.05, 0.1) is 38.1 Å². The highest BCUT2D eigenvalue weighted by molar-refractivity contribution is 7.17. The van der Waals surface area contributed by atoms with E-state index in [1.54, 1.807) is 25.3 Å². The van der Waals surface area contributed by atoms with Crippen LogP contribution in [0.1, 0.15) is 34.1 Å². The van der Waals surface area contributed by atoms with Crippen LogP contribution in [-0.2, 0) is 22.4 Å². The first-order chi connectivity index (χ1) is 15.4. The van der Waals surface area contributed by atoms with E-state index in [0.29, 0.717) is 46.2 Å². The van der Waals surface area contributed by atoms with Crippen molar-refractivity contribution in [1.82, 2.24) is 4.90 Å². The van der Waals surface area contributed by atoms with E-state index in [2.05, 4.69) is 22.5 Å². The number of anilines is 2. The first-order valence-corrected chi connectivity index (χ1v) is 12.0. The Hall–Kier alpha value is -2.13. The van der Waals surface area contributed by atoms with Gasteiger partial charge in [-0.25, -0.2) is 0 Å². The second kappa shape index (κ2) is 10.2. The van der Waals surface area contributed by atoms with Crippen molar-refractivity contribution in [3.05, 3.63) is 39.2 Å². The number of hydrogen-bond acceptors (Lipinski definition) is 6. The van der Waals surface area contributed by atoms with Crippen LogP contribution in [-0.4, -0.2) is 56.7 Å². The van der Waals surface area contributed by atoms with E-state index >= 15 is 0 Å². The molecule has 1 fully saturated rings. The smallest absolute Gasteiger partial charge is 0.259 e. The second-order valence-electron chi connectivity index (χ2n) is 8.29. The lowest BCUT2D eigenvalue weighted by Gasteiger charge is -2.25. The third kappa shape index (κ3) is 5.26. The lowest BCUT2D eigenvalue weighted by atomic mass is 9.88. The zero-order valence-corrected chi connectivity index (χ0v) is 19.9. The van der Waals surface area contributed by atoms with Gasteiger partial charge in [0.1, 0.15) is 10.8 Å². The number of benzene rings is 1. The lowest BCUT2D eigenvalue weighted by Crippen LogP contribution is -2.41. The fraction of sp³-hybridized carbons (Fsp3) is 0.478. The van der Waals surface area contributed by atoms with Crippen molar-refractivity contribution < 1.29 is 19.1 Å². The van der Waals surface area contributed by atoms with E-state index in [9.17, 15) is 9.59 Å². The predicted molar refractivity (Wildman–Crippen MR) is 127 cm³/mol. The topological polar surface area (TPSA) is 79.9 Å². The molecule has 0 radical (unpaired) electrons. The molecule has 0 spiro atoms. The van der Waals surface area contributed by atoms with Crippen LogP contribution >= 0.6 is 22.9 Å². The standard InChI is InChI=1S/C23H28ClN3O4S/c1-14-3-5-16-19(11-14)32-23(26-20(28)13-27-7-9-31-10-8-27)21(16)22(29)25-17-12-15(24)4-6-18(17)30-2/h4,6,12,14H,3,5,7-11,13H2,1-2H3,(H,25,29)(H,26,28)/t14-/m1/s1. The lowest BCUT2D eigenvalue weighted by molar-refractivity contribution is -0.118. The molecular formula is C23H28ClN3O4S. The average Bonchev–Trinajstić information content (AvgIpc) is 3.11. The number of nitrogens with one attached hydrogen (secondary N) is 2. The third-order valence-corrected chi connectivity index (χ3v) is 7.28. The molecule has 0 saturated carbocycles. The number of hydrogen-bond donors (Lipinski definition) is 2. The Morgan fingerprint density at radius 1 is 1.28 bits per heavy atom. The Labute approximate surface area is 197 Å². The molecule has 1 aromatic heterocycles. The van der Waals surface area contributed by atoms with Crippen molar-refractivity contribution in [2.45, 2.75) is 26.2 Å². The summed E-state index contributed by atoms with van der Waals surface area (Å²) >= 11 is 7.65. The molecule has 1 saturated heterocycles. The summed E-state index contributed by atoms with van der Waals surface area (Å²) in [5.41, 5.74) is 2.09. The van der Waals surface area contributed by atoms with Gasteiger partial charge >= 0.3 is 0 Å². The molecule has 9 heteroatoms. The minimum Gasteiger partial charge on any atom is -0.495 e. The van der Waals surface area contributed by atoms with Gasteiger partial charge in [-0.1, -0.05) is 18.5 Å². The summed E-state index contributed by atoms with van der Waals surface area (Å²) < 4.78 is 10.7. The normalized spacial score (nSPS) is 18.7. The number of ether oxygens (including phenoxy) is 2. The average molecular weight is 478 g/mol.